The molecule has 0 spiro atoms. The molecule has 0 bridgehead atoms. The van der Waals surface area contributed by atoms with Gasteiger partial charge in [-0.3, -0.25) is 9.89 Å². The summed E-state index contributed by atoms with van der Waals surface area (Å²) in [7, 11) is 3.52. The summed E-state index contributed by atoms with van der Waals surface area (Å²) in [5.41, 5.74) is 1.32. The van der Waals surface area contributed by atoms with Gasteiger partial charge >= 0.3 is 0 Å². The van der Waals surface area contributed by atoms with Crippen LogP contribution in [-0.4, -0.2) is 50.7 Å². The van der Waals surface area contributed by atoms with Crippen LogP contribution < -0.4 is 15.4 Å². The number of rotatable bonds is 6. The van der Waals surface area contributed by atoms with E-state index in [0.717, 1.165) is 31.3 Å². The summed E-state index contributed by atoms with van der Waals surface area (Å²) in [6.45, 7) is 7.41. The largest absolute Gasteiger partial charge is 0.497 e. The maximum absolute atomic E-state index is 5.28. The smallest absolute Gasteiger partial charge is 0.191 e. The van der Waals surface area contributed by atoms with Gasteiger partial charge in [-0.25, -0.2) is 0 Å². The Labute approximate surface area is 140 Å². The average molecular weight is 318 g/mol. The van der Waals surface area contributed by atoms with Crippen LogP contribution in [0, 0.1) is 0 Å². The van der Waals surface area contributed by atoms with Gasteiger partial charge in [0, 0.05) is 19.6 Å². The maximum Gasteiger partial charge on any atom is 0.191 e. The number of nitrogens with one attached hydrogen (secondary N) is 2. The molecule has 2 N–H and O–H groups in total. The molecule has 2 rings (SSSR count). The van der Waals surface area contributed by atoms with Crippen LogP contribution in [-0.2, 0) is 0 Å². The molecule has 5 heteroatoms. The molecule has 5 nitrogen and oxygen atoms in total. The van der Waals surface area contributed by atoms with Gasteiger partial charge in [0.05, 0.1) is 13.2 Å². The number of benzene rings is 1. The van der Waals surface area contributed by atoms with Crippen molar-refractivity contribution in [3.05, 3.63) is 29.8 Å². The van der Waals surface area contributed by atoms with E-state index in [-0.39, 0.29) is 0 Å². The van der Waals surface area contributed by atoms with E-state index in [0.29, 0.717) is 12.1 Å². The van der Waals surface area contributed by atoms with Crippen molar-refractivity contribution in [1.82, 2.24) is 15.5 Å². The number of methoxy groups -OCH3 is 1. The van der Waals surface area contributed by atoms with Crippen molar-refractivity contribution in [3.8, 4) is 5.75 Å². The zero-order chi connectivity index (χ0) is 16.7. The number of guanidine groups is 1. The monoisotopic (exact) mass is 318 g/mol. The van der Waals surface area contributed by atoms with Crippen molar-refractivity contribution < 1.29 is 4.74 Å². The van der Waals surface area contributed by atoms with Crippen LogP contribution in [0.15, 0.2) is 29.3 Å². The molecular weight excluding hydrogens is 288 g/mol. The van der Waals surface area contributed by atoms with E-state index in [1.807, 2.05) is 19.2 Å². The second-order valence-electron chi connectivity index (χ2n) is 6.28. The Morgan fingerprint density at radius 1 is 1.22 bits per heavy atom. The van der Waals surface area contributed by atoms with Gasteiger partial charge in [0.2, 0.25) is 0 Å². The van der Waals surface area contributed by atoms with E-state index in [4.69, 9.17) is 4.74 Å². The van der Waals surface area contributed by atoms with Crippen LogP contribution in [0.2, 0.25) is 0 Å². The van der Waals surface area contributed by atoms with Crippen LogP contribution in [0.4, 0.5) is 0 Å². The molecule has 0 aliphatic carbocycles. The van der Waals surface area contributed by atoms with Gasteiger partial charge in [0.15, 0.2) is 5.96 Å². The standard InChI is InChI=1S/C18H30N4O/c1-14(2)21-18(19-3)20-13-17(22-11-5-6-12-22)15-7-9-16(23-4)10-8-15/h7-10,14,17H,5-6,11-13H2,1-4H3,(H2,19,20,21). The first-order chi connectivity index (χ1) is 11.1. The van der Waals surface area contributed by atoms with E-state index >= 15 is 0 Å². The summed E-state index contributed by atoms with van der Waals surface area (Å²) in [4.78, 5) is 6.86. The molecule has 1 aliphatic rings. The fraction of sp³-hybridized carbons (Fsp3) is 0.611. The minimum atomic E-state index is 0.356. The Hall–Kier alpha value is -1.75. The molecule has 0 amide bonds. The number of ether oxygens (including phenoxy) is 1. The van der Waals surface area contributed by atoms with Crippen LogP contribution >= 0.6 is 0 Å². The molecular formula is C18H30N4O. The van der Waals surface area contributed by atoms with Gasteiger partial charge in [0.25, 0.3) is 0 Å². The lowest BCUT2D eigenvalue weighted by molar-refractivity contribution is 0.245. The lowest BCUT2D eigenvalue weighted by Crippen LogP contribution is -2.44. The van der Waals surface area contributed by atoms with Gasteiger partial charge in [-0.1, -0.05) is 12.1 Å². The number of hydrogen-bond acceptors (Lipinski definition) is 3. The third-order valence-electron chi connectivity index (χ3n) is 4.19. The summed E-state index contributed by atoms with van der Waals surface area (Å²) in [6.07, 6.45) is 2.57. The Morgan fingerprint density at radius 3 is 2.39 bits per heavy atom. The Kier molecular flexibility index (Phi) is 6.71. The number of likely N-dealkylation sites (tertiary alicyclic amines) is 1. The fourth-order valence-electron chi connectivity index (χ4n) is 3.00. The van der Waals surface area contributed by atoms with Crippen molar-refractivity contribution in [2.24, 2.45) is 4.99 Å². The Bertz CT molecular complexity index is 492. The third kappa shape index (κ3) is 5.13. The highest BCUT2D eigenvalue weighted by molar-refractivity contribution is 5.79. The molecule has 1 aliphatic heterocycles. The molecule has 128 valence electrons. The van der Waals surface area contributed by atoms with Crippen LogP contribution in [0.1, 0.15) is 38.3 Å². The van der Waals surface area contributed by atoms with Gasteiger partial charge in [0.1, 0.15) is 5.75 Å². The first kappa shape index (κ1) is 17.6. The summed E-state index contributed by atoms with van der Waals surface area (Å²) in [6, 6.07) is 9.14. The predicted molar refractivity (Wildman–Crippen MR) is 96.2 cm³/mol. The highest BCUT2D eigenvalue weighted by Gasteiger charge is 2.23. The lowest BCUT2D eigenvalue weighted by atomic mass is 10.1. The zero-order valence-corrected chi connectivity index (χ0v) is 14.8. The molecule has 0 radical (unpaired) electrons. The van der Waals surface area contributed by atoms with E-state index in [2.05, 4.69) is 46.5 Å². The molecule has 23 heavy (non-hydrogen) atoms. The Morgan fingerprint density at radius 2 is 1.87 bits per heavy atom. The molecule has 1 heterocycles. The zero-order valence-electron chi connectivity index (χ0n) is 14.8. The number of aliphatic imine (C=N–C) groups is 1. The molecule has 1 atom stereocenters. The molecule has 1 aromatic carbocycles. The Balaban J connectivity index is 2.07. The van der Waals surface area contributed by atoms with Gasteiger partial charge < -0.3 is 15.4 Å². The average Bonchev–Trinajstić information content (AvgIpc) is 3.08. The van der Waals surface area contributed by atoms with Crippen molar-refractivity contribution in [2.75, 3.05) is 33.8 Å². The second-order valence-corrected chi connectivity index (χ2v) is 6.28. The molecule has 1 aromatic rings. The highest BCUT2D eigenvalue weighted by Crippen LogP contribution is 2.26. The van der Waals surface area contributed by atoms with Crippen molar-refractivity contribution >= 4 is 5.96 Å². The topological polar surface area (TPSA) is 48.9 Å². The SMILES string of the molecule is CN=C(NCC(c1ccc(OC)cc1)N1CCCC1)NC(C)C. The summed E-state index contributed by atoms with van der Waals surface area (Å²) >= 11 is 0. The maximum atomic E-state index is 5.28. The molecule has 1 unspecified atom stereocenters. The predicted octanol–water partition coefficient (Wildman–Crippen LogP) is 2.41. The molecule has 1 fully saturated rings. The van der Waals surface area contributed by atoms with E-state index in [9.17, 15) is 0 Å². The van der Waals surface area contributed by atoms with Crippen molar-refractivity contribution in [1.29, 1.82) is 0 Å². The number of nitrogens with zero attached hydrogens (tertiary/aromatic N) is 2. The fourth-order valence-corrected chi connectivity index (χ4v) is 3.00. The first-order valence-corrected chi connectivity index (χ1v) is 8.49. The second kappa shape index (κ2) is 8.77. The summed E-state index contributed by atoms with van der Waals surface area (Å²) in [5.74, 6) is 1.76. The third-order valence-corrected chi connectivity index (χ3v) is 4.19. The van der Waals surface area contributed by atoms with Crippen LogP contribution in [0.25, 0.3) is 0 Å². The quantitative estimate of drug-likeness (QED) is 0.625. The van der Waals surface area contributed by atoms with E-state index < -0.39 is 0 Å². The first-order valence-electron chi connectivity index (χ1n) is 8.49. The highest BCUT2D eigenvalue weighted by atomic mass is 16.5. The van der Waals surface area contributed by atoms with Crippen LogP contribution in [0.5, 0.6) is 5.75 Å². The molecule has 1 saturated heterocycles. The van der Waals surface area contributed by atoms with Crippen molar-refractivity contribution in [2.45, 2.75) is 38.8 Å². The van der Waals surface area contributed by atoms with E-state index in [1.165, 1.54) is 18.4 Å². The molecule has 0 aromatic heterocycles. The van der Waals surface area contributed by atoms with Gasteiger partial charge in [-0.15, -0.1) is 0 Å². The van der Waals surface area contributed by atoms with E-state index in [1.54, 1.807) is 7.11 Å². The van der Waals surface area contributed by atoms with Crippen molar-refractivity contribution in [3.63, 3.8) is 0 Å². The van der Waals surface area contributed by atoms with Crippen LogP contribution in [0.3, 0.4) is 0 Å². The minimum Gasteiger partial charge on any atom is -0.497 e. The summed E-state index contributed by atoms with van der Waals surface area (Å²) in [5, 5.41) is 6.82. The van der Waals surface area contributed by atoms with Gasteiger partial charge in [-0.05, 0) is 57.5 Å². The summed E-state index contributed by atoms with van der Waals surface area (Å²) < 4.78 is 5.28. The lowest BCUT2D eigenvalue weighted by Gasteiger charge is -2.29. The van der Waals surface area contributed by atoms with Gasteiger partial charge in [-0.2, -0.15) is 0 Å². The minimum absolute atomic E-state index is 0.356. The number of hydrogen-bond donors (Lipinski definition) is 2. The molecule has 0 saturated carbocycles. The normalized spacial score (nSPS) is 17.3.